The summed E-state index contributed by atoms with van der Waals surface area (Å²) in [4.78, 5) is 30.2. The van der Waals surface area contributed by atoms with Gasteiger partial charge in [-0.15, -0.1) is 12.4 Å². The van der Waals surface area contributed by atoms with E-state index < -0.39 is 35.4 Å². The molecule has 32 heavy (non-hydrogen) atoms. The number of benzene rings is 1. The maximum Gasteiger partial charge on any atom is 0.416 e. The first-order valence-corrected chi connectivity index (χ1v) is 9.10. The number of carbonyl (C=O) groups is 2. The van der Waals surface area contributed by atoms with Crippen molar-refractivity contribution in [3.05, 3.63) is 47.5 Å². The number of anilines is 2. The number of alkyl halides is 3. The van der Waals surface area contributed by atoms with Crippen LogP contribution in [0.15, 0.2) is 30.6 Å². The summed E-state index contributed by atoms with van der Waals surface area (Å²) in [5.41, 5.74) is 4.94. The standard InChI is InChI=1S/C19H18F4N6O2.ClH/c1-3-29(9(2)11-5-4-10(6-13(11)20)19(21,22)23)18(31)17(30)27-14-8-25-16(24)12-7-26-28-15(12)14;/h4-9H,3H2,1-2H3,(H2,24,25)(H,26,28)(H,27,30);1H. The number of hydrogen-bond acceptors (Lipinski definition) is 5. The van der Waals surface area contributed by atoms with Crippen LogP contribution in [0.2, 0.25) is 0 Å². The van der Waals surface area contributed by atoms with Gasteiger partial charge in [-0.05, 0) is 26.0 Å². The highest BCUT2D eigenvalue weighted by Crippen LogP contribution is 2.32. The first kappa shape index (κ1) is 24.9. The molecule has 2 heterocycles. The fourth-order valence-electron chi connectivity index (χ4n) is 3.16. The molecule has 0 aliphatic rings. The van der Waals surface area contributed by atoms with Crippen molar-refractivity contribution >= 4 is 46.6 Å². The molecule has 0 saturated carbocycles. The van der Waals surface area contributed by atoms with Crippen LogP contribution in [-0.4, -0.2) is 38.4 Å². The fraction of sp³-hybridized carbons (Fsp3) is 0.263. The highest BCUT2D eigenvalue weighted by Gasteiger charge is 2.33. The van der Waals surface area contributed by atoms with E-state index in [2.05, 4.69) is 20.5 Å². The molecular weight excluding hydrogens is 456 g/mol. The Kier molecular flexibility index (Phi) is 7.29. The minimum Gasteiger partial charge on any atom is -0.383 e. The quantitative estimate of drug-likeness (QED) is 0.394. The zero-order valence-corrected chi connectivity index (χ0v) is 17.6. The summed E-state index contributed by atoms with van der Waals surface area (Å²) in [6.45, 7) is 2.98. The lowest BCUT2D eigenvalue weighted by molar-refractivity contribution is -0.144. The summed E-state index contributed by atoms with van der Waals surface area (Å²) in [5.74, 6) is -2.99. The number of halogens is 5. The molecule has 2 aromatic heterocycles. The van der Waals surface area contributed by atoms with Crippen molar-refractivity contribution in [2.24, 2.45) is 0 Å². The molecule has 1 aromatic carbocycles. The number of H-pyrrole nitrogens is 1. The number of carbonyl (C=O) groups excluding carboxylic acids is 2. The van der Waals surface area contributed by atoms with Crippen LogP contribution in [0.3, 0.4) is 0 Å². The van der Waals surface area contributed by atoms with Gasteiger partial charge in [-0.3, -0.25) is 14.7 Å². The van der Waals surface area contributed by atoms with Crippen molar-refractivity contribution in [2.45, 2.75) is 26.1 Å². The molecule has 0 fully saturated rings. The third-order valence-electron chi connectivity index (χ3n) is 4.81. The van der Waals surface area contributed by atoms with Crippen LogP contribution in [0.4, 0.5) is 29.1 Å². The highest BCUT2D eigenvalue weighted by molar-refractivity contribution is 6.40. The Hall–Kier alpha value is -3.41. The van der Waals surface area contributed by atoms with Crippen molar-refractivity contribution < 1.29 is 27.2 Å². The second-order valence-electron chi connectivity index (χ2n) is 6.67. The maximum atomic E-state index is 14.3. The smallest absolute Gasteiger partial charge is 0.383 e. The highest BCUT2D eigenvalue weighted by atomic mass is 35.5. The van der Waals surface area contributed by atoms with Gasteiger partial charge in [0.05, 0.1) is 40.6 Å². The number of aromatic nitrogens is 3. The van der Waals surface area contributed by atoms with Crippen molar-refractivity contribution in [3.8, 4) is 0 Å². The van der Waals surface area contributed by atoms with Crippen molar-refractivity contribution in [3.63, 3.8) is 0 Å². The predicted octanol–water partition coefficient (Wildman–Crippen LogP) is 3.67. The monoisotopic (exact) mass is 474 g/mol. The number of hydrogen-bond donors (Lipinski definition) is 3. The van der Waals surface area contributed by atoms with Crippen LogP contribution in [0.1, 0.15) is 31.0 Å². The van der Waals surface area contributed by atoms with Gasteiger partial charge in [0.15, 0.2) is 0 Å². The normalized spacial score (nSPS) is 12.2. The lowest BCUT2D eigenvalue weighted by Gasteiger charge is -2.28. The number of pyridine rings is 1. The van der Waals surface area contributed by atoms with E-state index in [-0.39, 0.29) is 36.0 Å². The first-order chi connectivity index (χ1) is 14.5. The summed E-state index contributed by atoms with van der Waals surface area (Å²) in [6.07, 6.45) is -2.05. The molecule has 0 radical (unpaired) electrons. The Morgan fingerprint density at radius 3 is 2.56 bits per heavy atom. The van der Waals surface area contributed by atoms with E-state index in [1.54, 1.807) is 6.92 Å². The predicted molar refractivity (Wildman–Crippen MR) is 111 cm³/mol. The Morgan fingerprint density at radius 2 is 1.97 bits per heavy atom. The molecule has 0 bridgehead atoms. The van der Waals surface area contributed by atoms with Gasteiger partial charge in [0.1, 0.15) is 11.6 Å². The van der Waals surface area contributed by atoms with E-state index >= 15 is 0 Å². The topological polar surface area (TPSA) is 117 Å². The van der Waals surface area contributed by atoms with Gasteiger partial charge in [-0.25, -0.2) is 9.37 Å². The van der Waals surface area contributed by atoms with Gasteiger partial charge >= 0.3 is 18.0 Å². The van der Waals surface area contributed by atoms with Gasteiger partial charge in [-0.2, -0.15) is 18.3 Å². The van der Waals surface area contributed by atoms with Crippen LogP contribution >= 0.6 is 12.4 Å². The molecule has 0 saturated heterocycles. The van der Waals surface area contributed by atoms with Crippen molar-refractivity contribution in [1.82, 2.24) is 20.1 Å². The van der Waals surface area contributed by atoms with E-state index in [0.717, 1.165) is 17.0 Å². The molecule has 13 heteroatoms. The van der Waals surface area contributed by atoms with E-state index in [4.69, 9.17) is 5.73 Å². The average Bonchev–Trinajstić information content (AvgIpc) is 3.20. The molecule has 1 atom stereocenters. The summed E-state index contributed by atoms with van der Waals surface area (Å²) >= 11 is 0. The molecule has 1 unspecified atom stereocenters. The molecular formula is C19H19ClF4N6O2. The van der Waals surface area contributed by atoms with Crippen LogP contribution in [-0.2, 0) is 15.8 Å². The number of nitrogen functional groups attached to an aromatic ring is 1. The van der Waals surface area contributed by atoms with Crippen LogP contribution in [0.25, 0.3) is 10.9 Å². The molecule has 3 aromatic rings. The number of nitrogens with zero attached hydrogens (tertiary/aromatic N) is 3. The number of aromatic amines is 1. The molecule has 0 aliphatic heterocycles. The Morgan fingerprint density at radius 1 is 1.28 bits per heavy atom. The molecule has 8 nitrogen and oxygen atoms in total. The van der Waals surface area contributed by atoms with Gasteiger partial charge < -0.3 is 16.0 Å². The van der Waals surface area contributed by atoms with E-state index in [1.807, 2.05) is 0 Å². The van der Waals surface area contributed by atoms with Gasteiger partial charge in [-0.1, -0.05) is 6.07 Å². The Labute approximate surface area is 185 Å². The average molecular weight is 475 g/mol. The number of nitrogens with one attached hydrogen (secondary N) is 2. The lowest BCUT2D eigenvalue weighted by Crippen LogP contribution is -2.41. The van der Waals surface area contributed by atoms with E-state index in [0.29, 0.717) is 17.0 Å². The molecule has 0 aliphatic carbocycles. The van der Waals surface area contributed by atoms with E-state index in [9.17, 15) is 27.2 Å². The molecule has 172 valence electrons. The molecule has 2 amide bonds. The summed E-state index contributed by atoms with van der Waals surface area (Å²) < 4.78 is 52.7. The number of likely N-dealkylation sites (N-methyl/N-ethyl adjacent to an activating group) is 1. The van der Waals surface area contributed by atoms with Gasteiger partial charge in [0.25, 0.3) is 0 Å². The Bertz CT molecular complexity index is 1150. The largest absolute Gasteiger partial charge is 0.416 e. The van der Waals surface area contributed by atoms with Crippen molar-refractivity contribution in [1.29, 1.82) is 0 Å². The maximum absolute atomic E-state index is 14.3. The fourth-order valence-corrected chi connectivity index (χ4v) is 3.16. The molecule has 3 rings (SSSR count). The zero-order chi connectivity index (χ0) is 22.9. The summed E-state index contributed by atoms with van der Waals surface area (Å²) in [5, 5.41) is 9.30. The van der Waals surface area contributed by atoms with Crippen LogP contribution in [0.5, 0.6) is 0 Å². The van der Waals surface area contributed by atoms with Gasteiger partial charge in [0, 0.05) is 12.1 Å². The minimum absolute atomic E-state index is 0. The Balaban J connectivity index is 0.00000363. The number of amides is 2. The zero-order valence-electron chi connectivity index (χ0n) is 16.8. The van der Waals surface area contributed by atoms with E-state index in [1.165, 1.54) is 19.3 Å². The third kappa shape index (κ3) is 4.74. The number of fused-ring (bicyclic) bond motifs is 1. The second kappa shape index (κ2) is 9.39. The SMILES string of the molecule is CCN(C(=O)C(=O)Nc1cnc(N)c2cn[nH]c12)C(C)c1ccc(C(F)(F)F)cc1F.Cl. The molecule has 0 spiro atoms. The lowest BCUT2D eigenvalue weighted by atomic mass is 10.0. The van der Waals surface area contributed by atoms with Crippen LogP contribution in [0, 0.1) is 5.82 Å². The third-order valence-corrected chi connectivity index (χ3v) is 4.81. The van der Waals surface area contributed by atoms with Crippen molar-refractivity contribution in [2.75, 3.05) is 17.6 Å². The number of nitrogens with two attached hydrogens (primary N) is 1. The summed E-state index contributed by atoms with van der Waals surface area (Å²) in [6, 6.07) is 1.04. The molecule has 4 N–H and O–H groups in total. The number of rotatable bonds is 4. The first-order valence-electron chi connectivity index (χ1n) is 9.10. The minimum atomic E-state index is -4.70. The second-order valence-corrected chi connectivity index (χ2v) is 6.67. The van der Waals surface area contributed by atoms with Crippen LogP contribution < -0.4 is 11.1 Å². The summed E-state index contributed by atoms with van der Waals surface area (Å²) in [7, 11) is 0. The van der Waals surface area contributed by atoms with Gasteiger partial charge in [0.2, 0.25) is 0 Å².